The second-order valence-corrected chi connectivity index (χ2v) is 3.70. The first-order chi connectivity index (χ1) is 9.67. The summed E-state index contributed by atoms with van der Waals surface area (Å²) in [4.78, 5) is 34.3. The maximum absolute atomic E-state index is 11.6. The monoisotopic (exact) mass is 291 g/mol. The standard InChI is InChI=1S/C12H21NO7/c1-17-7-3-9-19-11(15)13(5-6-14)12(16)20-10-4-8-18-2/h6H,3-5,7-10H2,1-2H3. The van der Waals surface area contributed by atoms with Crippen LogP contribution in [-0.4, -0.2) is 70.6 Å². The van der Waals surface area contributed by atoms with Crippen LogP contribution in [0.15, 0.2) is 0 Å². The second kappa shape index (κ2) is 12.4. The molecule has 0 bridgehead atoms. The van der Waals surface area contributed by atoms with Gasteiger partial charge in [0.2, 0.25) is 0 Å². The normalized spacial score (nSPS) is 9.90. The van der Waals surface area contributed by atoms with Crippen LogP contribution in [-0.2, 0) is 23.7 Å². The Balaban J connectivity index is 4.13. The summed E-state index contributed by atoms with van der Waals surface area (Å²) in [5.41, 5.74) is 0. The number of nitrogens with zero attached hydrogens (tertiary/aromatic N) is 1. The average molecular weight is 291 g/mol. The summed E-state index contributed by atoms with van der Waals surface area (Å²) >= 11 is 0. The number of rotatable bonds is 10. The van der Waals surface area contributed by atoms with Crippen LogP contribution in [0.2, 0.25) is 0 Å². The summed E-state index contributed by atoms with van der Waals surface area (Å²) in [7, 11) is 3.05. The minimum atomic E-state index is -0.912. The summed E-state index contributed by atoms with van der Waals surface area (Å²) in [5.74, 6) is 0. The van der Waals surface area contributed by atoms with Crippen molar-refractivity contribution in [2.75, 3.05) is 47.2 Å². The molecule has 0 saturated heterocycles. The van der Waals surface area contributed by atoms with E-state index in [0.717, 1.165) is 0 Å². The predicted molar refractivity (Wildman–Crippen MR) is 68.5 cm³/mol. The van der Waals surface area contributed by atoms with Gasteiger partial charge in [0.25, 0.3) is 0 Å². The van der Waals surface area contributed by atoms with E-state index in [4.69, 9.17) is 18.9 Å². The molecular weight excluding hydrogens is 270 g/mol. The van der Waals surface area contributed by atoms with E-state index < -0.39 is 18.7 Å². The fraction of sp³-hybridized carbons (Fsp3) is 0.750. The topological polar surface area (TPSA) is 91.4 Å². The van der Waals surface area contributed by atoms with Crippen molar-refractivity contribution < 1.29 is 33.3 Å². The third-order valence-corrected chi connectivity index (χ3v) is 2.13. The molecule has 0 rings (SSSR count). The molecule has 0 fully saturated rings. The first kappa shape index (κ1) is 18.3. The first-order valence-corrected chi connectivity index (χ1v) is 6.20. The van der Waals surface area contributed by atoms with Crippen LogP contribution in [0.3, 0.4) is 0 Å². The molecule has 0 radical (unpaired) electrons. The van der Waals surface area contributed by atoms with E-state index in [2.05, 4.69) is 0 Å². The molecule has 0 aromatic rings. The highest BCUT2D eigenvalue weighted by Crippen LogP contribution is 2.00. The first-order valence-electron chi connectivity index (χ1n) is 6.20. The van der Waals surface area contributed by atoms with Crippen molar-refractivity contribution in [2.45, 2.75) is 12.8 Å². The van der Waals surface area contributed by atoms with E-state index in [1.54, 1.807) is 0 Å². The van der Waals surface area contributed by atoms with Gasteiger partial charge in [0.15, 0.2) is 0 Å². The van der Waals surface area contributed by atoms with E-state index in [1.165, 1.54) is 14.2 Å². The maximum Gasteiger partial charge on any atom is 0.419 e. The molecule has 0 aromatic heterocycles. The Bertz CT molecular complexity index is 272. The molecule has 116 valence electrons. The number of carbonyl (C=O) groups excluding carboxylic acids is 3. The number of carbonyl (C=O) groups is 3. The summed E-state index contributed by atoms with van der Waals surface area (Å²) in [6.07, 6.45) is -0.401. The van der Waals surface area contributed by atoms with Crippen LogP contribution in [0.1, 0.15) is 12.8 Å². The Morgan fingerprint density at radius 3 is 1.70 bits per heavy atom. The van der Waals surface area contributed by atoms with Gasteiger partial charge >= 0.3 is 12.2 Å². The molecule has 0 aliphatic rings. The predicted octanol–water partition coefficient (Wildman–Crippen LogP) is 0.834. The van der Waals surface area contributed by atoms with E-state index >= 15 is 0 Å². The molecule has 0 unspecified atom stereocenters. The third kappa shape index (κ3) is 8.44. The summed E-state index contributed by atoms with van der Waals surface area (Å²) in [5, 5.41) is 0. The van der Waals surface area contributed by atoms with Crippen molar-refractivity contribution in [3.8, 4) is 0 Å². The molecule has 2 amide bonds. The Hall–Kier alpha value is -1.67. The largest absolute Gasteiger partial charge is 0.449 e. The number of imide groups is 1. The van der Waals surface area contributed by atoms with Gasteiger partial charge in [-0.05, 0) is 0 Å². The number of aldehydes is 1. The molecule has 0 atom stereocenters. The van der Waals surface area contributed by atoms with Crippen molar-refractivity contribution in [2.24, 2.45) is 0 Å². The van der Waals surface area contributed by atoms with Crippen molar-refractivity contribution in [1.82, 2.24) is 4.90 Å². The zero-order valence-electron chi connectivity index (χ0n) is 11.8. The molecule has 0 aliphatic heterocycles. The molecule has 0 aromatic carbocycles. The fourth-order valence-corrected chi connectivity index (χ4v) is 1.18. The minimum Gasteiger partial charge on any atom is -0.449 e. The number of hydrogen-bond donors (Lipinski definition) is 0. The summed E-state index contributed by atoms with van der Waals surface area (Å²) in [6, 6.07) is 0. The number of hydrogen-bond acceptors (Lipinski definition) is 7. The Labute approximate surface area is 117 Å². The van der Waals surface area contributed by atoms with Crippen molar-refractivity contribution >= 4 is 18.5 Å². The highest BCUT2D eigenvalue weighted by Gasteiger charge is 2.23. The van der Waals surface area contributed by atoms with Gasteiger partial charge in [-0.2, -0.15) is 0 Å². The number of ether oxygens (including phenoxy) is 4. The van der Waals surface area contributed by atoms with E-state index in [1.807, 2.05) is 0 Å². The quantitative estimate of drug-likeness (QED) is 0.435. The number of methoxy groups -OCH3 is 2. The van der Waals surface area contributed by atoms with Crippen molar-refractivity contribution in [3.05, 3.63) is 0 Å². The van der Waals surface area contributed by atoms with Crippen LogP contribution in [0, 0.1) is 0 Å². The van der Waals surface area contributed by atoms with Crippen LogP contribution >= 0.6 is 0 Å². The third-order valence-electron chi connectivity index (χ3n) is 2.13. The molecule has 8 heteroatoms. The molecule has 8 nitrogen and oxygen atoms in total. The van der Waals surface area contributed by atoms with Gasteiger partial charge in [0, 0.05) is 40.3 Å². The van der Waals surface area contributed by atoms with Crippen LogP contribution < -0.4 is 0 Å². The molecule has 0 aliphatic carbocycles. The lowest BCUT2D eigenvalue weighted by Crippen LogP contribution is -2.39. The van der Waals surface area contributed by atoms with Gasteiger partial charge < -0.3 is 23.7 Å². The summed E-state index contributed by atoms with van der Waals surface area (Å²) < 4.78 is 19.2. The van der Waals surface area contributed by atoms with Gasteiger partial charge in [-0.1, -0.05) is 0 Å². The molecule has 0 N–H and O–H groups in total. The van der Waals surface area contributed by atoms with Gasteiger partial charge in [0.1, 0.15) is 6.29 Å². The lowest BCUT2D eigenvalue weighted by atomic mass is 10.5. The fourth-order valence-electron chi connectivity index (χ4n) is 1.18. The summed E-state index contributed by atoms with van der Waals surface area (Å²) in [6.45, 7) is 0.648. The Kier molecular flexibility index (Phi) is 11.3. The van der Waals surface area contributed by atoms with Gasteiger partial charge in [-0.15, -0.1) is 0 Å². The zero-order chi connectivity index (χ0) is 15.2. The molecule has 0 spiro atoms. The van der Waals surface area contributed by atoms with E-state index in [-0.39, 0.29) is 13.2 Å². The van der Waals surface area contributed by atoms with Crippen molar-refractivity contribution in [1.29, 1.82) is 0 Å². The van der Waals surface area contributed by atoms with E-state index in [0.29, 0.717) is 37.2 Å². The number of amides is 2. The van der Waals surface area contributed by atoms with Gasteiger partial charge in [-0.25, -0.2) is 14.5 Å². The second-order valence-electron chi connectivity index (χ2n) is 3.70. The molecule has 0 heterocycles. The highest BCUT2D eigenvalue weighted by atomic mass is 16.6. The SMILES string of the molecule is COCCCOC(=O)N(CC=O)C(=O)OCCCOC. The van der Waals surface area contributed by atoms with Crippen LogP contribution in [0.5, 0.6) is 0 Å². The molecule has 0 saturated carbocycles. The Morgan fingerprint density at radius 2 is 1.35 bits per heavy atom. The lowest BCUT2D eigenvalue weighted by molar-refractivity contribution is -0.108. The average Bonchev–Trinajstić information content (AvgIpc) is 2.45. The van der Waals surface area contributed by atoms with Gasteiger partial charge in [0.05, 0.1) is 19.8 Å². The van der Waals surface area contributed by atoms with Gasteiger partial charge in [-0.3, -0.25) is 0 Å². The maximum atomic E-state index is 11.6. The minimum absolute atomic E-state index is 0.0962. The van der Waals surface area contributed by atoms with Crippen LogP contribution in [0.4, 0.5) is 9.59 Å². The van der Waals surface area contributed by atoms with Crippen molar-refractivity contribution in [3.63, 3.8) is 0 Å². The zero-order valence-corrected chi connectivity index (χ0v) is 11.8. The smallest absolute Gasteiger partial charge is 0.419 e. The highest BCUT2D eigenvalue weighted by molar-refractivity contribution is 5.89. The van der Waals surface area contributed by atoms with E-state index in [9.17, 15) is 14.4 Å². The molecule has 20 heavy (non-hydrogen) atoms. The lowest BCUT2D eigenvalue weighted by Gasteiger charge is -2.17. The Morgan fingerprint density at radius 1 is 0.900 bits per heavy atom. The molecular formula is C12H21NO7. The van der Waals surface area contributed by atoms with Crippen LogP contribution in [0.25, 0.3) is 0 Å².